The minimum atomic E-state index is -0.551. The predicted octanol–water partition coefficient (Wildman–Crippen LogP) is 5.29. The highest BCUT2D eigenvalue weighted by Gasteiger charge is 2.24. The maximum atomic E-state index is 12.8. The summed E-state index contributed by atoms with van der Waals surface area (Å²) < 4.78 is 5.36. The second-order valence-corrected chi connectivity index (χ2v) is 8.14. The van der Waals surface area contributed by atoms with Crippen LogP contribution in [-0.2, 0) is 9.53 Å². The van der Waals surface area contributed by atoms with Crippen LogP contribution in [0.4, 0.5) is 0 Å². The third-order valence-electron chi connectivity index (χ3n) is 4.78. The lowest BCUT2D eigenvalue weighted by molar-refractivity contribution is -0.129. The molecule has 0 bridgehead atoms. The number of pyridine rings is 1. The molecule has 0 aliphatic carbocycles. The lowest BCUT2D eigenvalue weighted by Gasteiger charge is -2.17. The highest BCUT2D eigenvalue weighted by Crippen LogP contribution is 2.27. The Kier molecular flexibility index (Phi) is 5.32. The lowest BCUT2D eigenvalue weighted by Crippen LogP contribution is -2.26. The number of aromatic nitrogens is 1. The van der Waals surface area contributed by atoms with Gasteiger partial charge in [0, 0.05) is 16.4 Å². The molecule has 4 heteroatoms. The van der Waals surface area contributed by atoms with Crippen LogP contribution in [0.2, 0.25) is 0 Å². The number of esters is 1. The summed E-state index contributed by atoms with van der Waals surface area (Å²) in [5.74, 6) is -0.627. The molecule has 0 radical (unpaired) electrons. The van der Waals surface area contributed by atoms with Crippen LogP contribution >= 0.6 is 0 Å². The van der Waals surface area contributed by atoms with E-state index in [-0.39, 0.29) is 12.4 Å². The highest BCUT2D eigenvalue weighted by molar-refractivity contribution is 6.06. The fraction of sp³-hybridized carbons (Fsp3) is 0.292. The molecule has 0 unspecified atom stereocenters. The van der Waals surface area contributed by atoms with E-state index in [1.54, 1.807) is 6.07 Å². The molecule has 0 aliphatic heterocycles. The van der Waals surface area contributed by atoms with E-state index < -0.39 is 11.4 Å². The zero-order chi connectivity index (χ0) is 20.5. The standard InChI is InChI=1S/C24H25NO3/c1-15-9-11-17(12-10-15)20-13-19(18-8-6-7-16(2)22(18)25-20)23(27)28-14-21(26)24(3,4)5/h6-13H,14H2,1-5H3. The number of nitrogens with zero attached hydrogens (tertiary/aromatic N) is 1. The van der Waals surface area contributed by atoms with Crippen LogP contribution in [0.15, 0.2) is 48.5 Å². The van der Waals surface area contributed by atoms with Crippen molar-refractivity contribution in [2.45, 2.75) is 34.6 Å². The van der Waals surface area contributed by atoms with Gasteiger partial charge in [-0.1, -0.05) is 68.8 Å². The van der Waals surface area contributed by atoms with Crippen molar-refractivity contribution in [2.24, 2.45) is 5.41 Å². The zero-order valence-electron chi connectivity index (χ0n) is 17.0. The highest BCUT2D eigenvalue weighted by atomic mass is 16.5. The van der Waals surface area contributed by atoms with Gasteiger partial charge in [0.25, 0.3) is 0 Å². The molecule has 144 valence electrons. The number of rotatable bonds is 4. The number of carbonyl (C=O) groups excluding carboxylic acids is 2. The molecule has 0 N–H and O–H groups in total. The van der Waals surface area contributed by atoms with Crippen LogP contribution < -0.4 is 0 Å². The summed E-state index contributed by atoms with van der Waals surface area (Å²) in [7, 11) is 0. The van der Waals surface area contributed by atoms with Crippen LogP contribution in [0.3, 0.4) is 0 Å². The summed E-state index contributed by atoms with van der Waals surface area (Å²) in [5, 5.41) is 0.726. The Labute approximate surface area is 165 Å². The number of benzene rings is 2. The van der Waals surface area contributed by atoms with Gasteiger partial charge in [-0.15, -0.1) is 0 Å². The van der Waals surface area contributed by atoms with E-state index in [1.807, 2.05) is 77.1 Å². The third-order valence-corrected chi connectivity index (χ3v) is 4.78. The molecule has 0 spiro atoms. The molecule has 0 saturated carbocycles. The van der Waals surface area contributed by atoms with E-state index in [2.05, 4.69) is 0 Å². The number of hydrogen-bond acceptors (Lipinski definition) is 4. The molecular weight excluding hydrogens is 350 g/mol. The first-order valence-electron chi connectivity index (χ1n) is 9.34. The Bertz CT molecular complexity index is 1040. The molecule has 0 atom stereocenters. The van der Waals surface area contributed by atoms with E-state index in [0.717, 1.165) is 27.6 Å². The van der Waals surface area contributed by atoms with Gasteiger partial charge in [-0.2, -0.15) is 0 Å². The zero-order valence-corrected chi connectivity index (χ0v) is 17.0. The first-order valence-corrected chi connectivity index (χ1v) is 9.34. The maximum Gasteiger partial charge on any atom is 0.339 e. The minimum Gasteiger partial charge on any atom is -0.454 e. The molecule has 28 heavy (non-hydrogen) atoms. The van der Waals surface area contributed by atoms with Crippen LogP contribution in [0.5, 0.6) is 0 Å². The van der Waals surface area contributed by atoms with Crippen LogP contribution in [-0.4, -0.2) is 23.3 Å². The number of hydrogen-bond donors (Lipinski definition) is 0. The lowest BCUT2D eigenvalue weighted by atomic mass is 9.91. The number of carbonyl (C=O) groups is 2. The summed E-state index contributed by atoms with van der Waals surface area (Å²) >= 11 is 0. The number of ketones is 1. The molecule has 0 fully saturated rings. The Morgan fingerprint density at radius 1 is 1.00 bits per heavy atom. The number of aryl methyl sites for hydroxylation is 2. The Morgan fingerprint density at radius 2 is 1.68 bits per heavy atom. The SMILES string of the molecule is Cc1ccc(-c2cc(C(=O)OCC(=O)C(C)(C)C)c3cccc(C)c3n2)cc1. The van der Waals surface area contributed by atoms with Gasteiger partial charge in [-0.3, -0.25) is 4.79 Å². The monoisotopic (exact) mass is 375 g/mol. The fourth-order valence-electron chi connectivity index (χ4n) is 2.86. The number of ether oxygens (including phenoxy) is 1. The average molecular weight is 375 g/mol. The molecule has 1 heterocycles. The van der Waals surface area contributed by atoms with Crippen LogP contribution in [0, 0.1) is 19.3 Å². The molecule has 3 rings (SSSR count). The van der Waals surface area contributed by atoms with Crippen molar-refractivity contribution in [1.82, 2.24) is 4.98 Å². The van der Waals surface area contributed by atoms with Gasteiger partial charge in [0.2, 0.25) is 0 Å². The van der Waals surface area contributed by atoms with Crippen molar-refractivity contribution in [3.05, 3.63) is 65.2 Å². The van der Waals surface area contributed by atoms with Crippen LogP contribution in [0.25, 0.3) is 22.2 Å². The molecule has 0 aliphatic rings. The summed E-state index contributed by atoms with van der Waals surface area (Å²) in [6.45, 7) is 9.18. The Morgan fingerprint density at radius 3 is 2.32 bits per heavy atom. The summed E-state index contributed by atoms with van der Waals surface area (Å²) in [5.41, 5.74) is 4.39. The van der Waals surface area contributed by atoms with Crippen molar-refractivity contribution >= 4 is 22.7 Å². The molecule has 0 amide bonds. The van der Waals surface area contributed by atoms with E-state index in [4.69, 9.17) is 9.72 Å². The molecule has 1 aromatic heterocycles. The number of para-hydroxylation sites is 1. The third kappa shape index (κ3) is 4.11. The smallest absolute Gasteiger partial charge is 0.339 e. The van der Waals surface area contributed by atoms with E-state index in [9.17, 15) is 9.59 Å². The molecule has 2 aromatic carbocycles. The molecule has 4 nitrogen and oxygen atoms in total. The maximum absolute atomic E-state index is 12.8. The molecule has 3 aromatic rings. The van der Waals surface area contributed by atoms with Crippen molar-refractivity contribution in [2.75, 3.05) is 6.61 Å². The minimum absolute atomic E-state index is 0.117. The summed E-state index contributed by atoms with van der Waals surface area (Å²) in [6.07, 6.45) is 0. The Balaban J connectivity index is 2.05. The van der Waals surface area contributed by atoms with Crippen molar-refractivity contribution in [3.8, 4) is 11.3 Å². The van der Waals surface area contributed by atoms with Crippen molar-refractivity contribution in [1.29, 1.82) is 0 Å². The first kappa shape index (κ1) is 19.7. The van der Waals surface area contributed by atoms with E-state index >= 15 is 0 Å². The Hall–Kier alpha value is -3.01. The largest absolute Gasteiger partial charge is 0.454 e. The van der Waals surface area contributed by atoms with Gasteiger partial charge in [0.1, 0.15) is 0 Å². The van der Waals surface area contributed by atoms with Gasteiger partial charge in [-0.25, -0.2) is 9.78 Å². The molecular formula is C24H25NO3. The summed E-state index contributed by atoms with van der Waals surface area (Å²) in [4.78, 5) is 29.8. The van der Waals surface area contributed by atoms with E-state index in [1.165, 1.54) is 0 Å². The van der Waals surface area contributed by atoms with Gasteiger partial charge in [-0.05, 0) is 25.5 Å². The topological polar surface area (TPSA) is 56.3 Å². The van der Waals surface area contributed by atoms with Gasteiger partial charge < -0.3 is 4.74 Å². The first-order chi connectivity index (χ1) is 13.2. The van der Waals surface area contributed by atoms with Gasteiger partial charge >= 0.3 is 5.97 Å². The quantitative estimate of drug-likeness (QED) is 0.581. The number of fused-ring (bicyclic) bond motifs is 1. The van der Waals surface area contributed by atoms with Crippen LogP contribution in [0.1, 0.15) is 42.3 Å². The second-order valence-electron chi connectivity index (χ2n) is 8.14. The van der Waals surface area contributed by atoms with Crippen molar-refractivity contribution in [3.63, 3.8) is 0 Å². The van der Waals surface area contributed by atoms with Gasteiger partial charge in [0.05, 0.1) is 16.8 Å². The van der Waals surface area contributed by atoms with Gasteiger partial charge in [0.15, 0.2) is 12.4 Å². The van der Waals surface area contributed by atoms with Crippen molar-refractivity contribution < 1.29 is 14.3 Å². The number of Topliss-reactive ketones (excluding diaryl/α,β-unsaturated/α-hetero) is 1. The second kappa shape index (κ2) is 7.55. The average Bonchev–Trinajstić information content (AvgIpc) is 2.65. The van der Waals surface area contributed by atoms with E-state index in [0.29, 0.717) is 11.3 Å². The summed E-state index contributed by atoms with van der Waals surface area (Å²) in [6, 6.07) is 15.5. The fourth-order valence-corrected chi connectivity index (χ4v) is 2.86. The molecule has 0 saturated heterocycles. The normalized spacial score (nSPS) is 11.5. The predicted molar refractivity (Wildman–Crippen MR) is 111 cm³/mol.